The normalized spacial score (nSPS) is 9.43. The van der Waals surface area contributed by atoms with E-state index < -0.39 is 0 Å². The molecule has 0 bridgehead atoms. The molecule has 0 spiro atoms. The zero-order valence-corrected chi connectivity index (χ0v) is 26.4. The average molecular weight is 567 g/mol. The SMILES string of the molecule is CCCOCCN.CCCOCCN.CCCOCCS.CCCOCCS.CCCOCCS. The van der Waals surface area contributed by atoms with Crippen molar-refractivity contribution in [2.75, 3.05) is 96.4 Å². The van der Waals surface area contributed by atoms with Crippen LogP contribution in [0.4, 0.5) is 0 Å². The van der Waals surface area contributed by atoms with E-state index in [9.17, 15) is 0 Å². The van der Waals surface area contributed by atoms with Gasteiger partial charge in [0, 0.05) is 63.4 Å². The molecule has 0 radical (unpaired) electrons. The Kier molecular flexibility index (Phi) is 77.9. The first kappa shape index (κ1) is 45.7. The molecule has 0 amide bonds. The fourth-order valence-electron chi connectivity index (χ4n) is 1.59. The fourth-order valence-corrected chi connectivity index (χ4v) is 1.98. The van der Waals surface area contributed by atoms with Gasteiger partial charge in [0.25, 0.3) is 0 Å². The van der Waals surface area contributed by atoms with E-state index in [1.807, 2.05) is 0 Å². The Morgan fingerprint density at radius 1 is 0.371 bits per heavy atom. The van der Waals surface area contributed by atoms with Gasteiger partial charge < -0.3 is 35.2 Å². The number of rotatable bonds is 20. The third-order valence-corrected chi connectivity index (χ3v) is 3.52. The smallest absolute Gasteiger partial charge is 0.0588 e. The first-order valence-corrected chi connectivity index (χ1v) is 15.1. The number of nitrogens with two attached hydrogens (primary N) is 2. The molecule has 0 aliphatic carbocycles. The quantitative estimate of drug-likeness (QED) is 0.107. The van der Waals surface area contributed by atoms with Crippen molar-refractivity contribution in [3.8, 4) is 0 Å². The molecule has 0 atom stereocenters. The highest BCUT2D eigenvalue weighted by atomic mass is 32.1. The highest BCUT2D eigenvalue weighted by Crippen LogP contribution is 1.82. The minimum absolute atomic E-state index is 0.639. The molecule has 0 aliphatic rings. The number of ether oxygens (including phenoxy) is 5. The second-order valence-electron chi connectivity index (χ2n) is 6.81. The predicted octanol–water partition coefficient (Wildman–Crippen LogP) is 4.77. The van der Waals surface area contributed by atoms with Gasteiger partial charge in [-0.15, -0.1) is 0 Å². The van der Waals surface area contributed by atoms with Crippen LogP contribution in [0.1, 0.15) is 66.7 Å². The lowest BCUT2D eigenvalue weighted by atomic mass is 10.5. The van der Waals surface area contributed by atoms with Crippen molar-refractivity contribution in [3.63, 3.8) is 0 Å². The fraction of sp³-hybridized carbons (Fsp3) is 1.00. The summed E-state index contributed by atoms with van der Waals surface area (Å²) in [5.74, 6) is 2.50. The Bertz CT molecular complexity index is 199. The highest BCUT2D eigenvalue weighted by Gasteiger charge is 1.80. The van der Waals surface area contributed by atoms with Crippen LogP contribution < -0.4 is 11.5 Å². The van der Waals surface area contributed by atoms with Gasteiger partial charge in [0.15, 0.2) is 0 Å². The molecule has 220 valence electrons. The Balaban J connectivity index is -0.000000107. The van der Waals surface area contributed by atoms with Crippen LogP contribution in [0.5, 0.6) is 0 Å². The Morgan fingerprint density at radius 3 is 0.714 bits per heavy atom. The van der Waals surface area contributed by atoms with Gasteiger partial charge in [-0.1, -0.05) is 34.6 Å². The standard InChI is InChI=1S/2C5H13NO.3C5H12OS/c2*1-2-4-7-5-3-6;3*1-2-3-6-4-5-7/h2*2-6H2,1H3;3*7H,2-5H2,1H3. The summed E-state index contributed by atoms with van der Waals surface area (Å²) in [5.41, 5.74) is 10.3. The largest absolute Gasteiger partial charge is 0.381 e. The lowest BCUT2D eigenvalue weighted by Crippen LogP contribution is -2.08. The summed E-state index contributed by atoms with van der Waals surface area (Å²) in [7, 11) is 0. The van der Waals surface area contributed by atoms with Crippen LogP contribution >= 0.6 is 37.9 Å². The van der Waals surface area contributed by atoms with Gasteiger partial charge in [0.2, 0.25) is 0 Å². The van der Waals surface area contributed by atoms with Crippen molar-refractivity contribution in [3.05, 3.63) is 0 Å². The molecule has 0 rings (SSSR count). The van der Waals surface area contributed by atoms with Gasteiger partial charge in [-0.05, 0) is 32.1 Å². The van der Waals surface area contributed by atoms with Gasteiger partial charge in [0.1, 0.15) is 0 Å². The van der Waals surface area contributed by atoms with E-state index in [0.29, 0.717) is 26.3 Å². The van der Waals surface area contributed by atoms with Crippen molar-refractivity contribution in [2.24, 2.45) is 11.5 Å². The summed E-state index contributed by atoms with van der Waals surface area (Å²) >= 11 is 11.9. The van der Waals surface area contributed by atoms with Gasteiger partial charge in [0.05, 0.1) is 33.0 Å². The van der Waals surface area contributed by atoms with Crippen molar-refractivity contribution < 1.29 is 23.7 Å². The summed E-state index contributed by atoms with van der Waals surface area (Å²) in [5, 5.41) is 0. The molecule has 0 aromatic rings. The van der Waals surface area contributed by atoms with Crippen LogP contribution in [-0.4, -0.2) is 96.4 Å². The monoisotopic (exact) mass is 566 g/mol. The number of thiol groups is 3. The Labute approximate surface area is 235 Å². The second-order valence-corrected chi connectivity index (χ2v) is 8.15. The molecule has 0 saturated carbocycles. The summed E-state index contributed by atoms with van der Waals surface area (Å²) in [4.78, 5) is 0. The van der Waals surface area contributed by atoms with Crippen LogP contribution in [0, 0.1) is 0 Å². The van der Waals surface area contributed by atoms with Crippen LogP contribution in [0.2, 0.25) is 0 Å². The molecule has 0 aromatic carbocycles. The molecular formula is C25H62N2O5S3. The van der Waals surface area contributed by atoms with E-state index in [1.165, 1.54) is 0 Å². The number of hydrogen-bond donors (Lipinski definition) is 5. The van der Waals surface area contributed by atoms with Crippen LogP contribution in [-0.2, 0) is 23.7 Å². The molecule has 35 heavy (non-hydrogen) atoms. The third kappa shape index (κ3) is 86.6. The zero-order chi connectivity index (χ0) is 27.7. The third-order valence-electron chi connectivity index (χ3n) is 2.97. The van der Waals surface area contributed by atoms with E-state index in [0.717, 1.165) is 102 Å². The topological polar surface area (TPSA) is 98.2 Å². The molecule has 10 heteroatoms. The van der Waals surface area contributed by atoms with Crippen molar-refractivity contribution in [1.29, 1.82) is 0 Å². The predicted molar refractivity (Wildman–Crippen MR) is 165 cm³/mol. The van der Waals surface area contributed by atoms with Crippen molar-refractivity contribution >= 4 is 37.9 Å². The van der Waals surface area contributed by atoms with E-state index in [1.54, 1.807) is 0 Å². The lowest BCUT2D eigenvalue weighted by Gasteiger charge is -1.95. The van der Waals surface area contributed by atoms with Crippen LogP contribution in [0.3, 0.4) is 0 Å². The van der Waals surface area contributed by atoms with E-state index in [4.69, 9.17) is 35.2 Å². The molecule has 0 unspecified atom stereocenters. The summed E-state index contributed by atoms with van der Waals surface area (Å²) in [6.07, 6.45) is 5.48. The molecule has 4 N–H and O–H groups in total. The van der Waals surface area contributed by atoms with E-state index in [-0.39, 0.29) is 0 Å². The maximum atomic E-state index is 5.14. The van der Waals surface area contributed by atoms with E-state index in [2.05, 4.69) is 72.5 Å². The average Bonchev–Trinajstić information content (AvgIpc) is 2.87. The first-order valence-electron chi connectivity index (χ1n) is 13.2. The van der Waals surface area contributed by atoms with Gasteiger partial charge in [-0.2, -0.15) is 37.9 Å². The second kappa shape index (κ2) is 59.7. The molecule has 0 fully saturated rings. The van der Waals surface area contributed by atoms with Crippen LogP contribution in [0.15, 0.2) is 0 Å². The Morgan fingerprint density at radius 2 is 0.571 bits per heavy atom. The summed E-state index contributed by atoms with van der Waals surface area (Å²) in [6.45, 7) is 19.8. The minimum Gasteiger partial charge on any atom is -0.381 e. The highest BCUT2D eigenvalue weighted by molar-refractivity contribution is 7.80. The van der Waals surface area contributed by atoms with E-state index >= 15 is 0 Å². The summed E-state index contributed by atoms with van der Waals surface area (Å²) in [6, 6.07) is 0. The van der Waals surface area contributed by atoms with Gasteiger partial charge in [-0.3, -0.25) is 0 Å². The number of hydrogen-bond acceptors (Lipinski definition) is 10. The maximum absolute atomic E-state index is 5.14. The molecule has 0 aliphatic heterocycles. The minimum atomic E-state index is 0.639. The molecule has 0 aromatic heterocycles. The van der Waals surface area contributed by atoms with Crippen LogP contribution in [0.25, 0.3) is 0 Å². The van der Waals surface area contributed by atoms with Gasteiger partial charge >= 0.3 is 0 Å². The Hall–Kier alpha value is 0.770. The molecule has 7 nitrogen and oxygen atoms in total. The zero-order valence-electron chi connectivity index (χ0n) is 23.7. The maximum Gasteiger partial charge on any atom is 0.0588 e. The van der Waals surface area contributed by atoms with Crippen molar-refractivity contribution in [1.82, 2.24) is 0 Å². The lowest BCUT2D eigenvalue weighted by molar-refractivity contribution is 0.142. The first-order chi connectivity index (χ1) is 17.1. The molecular weight excluding hydrogens is 504 g/mol. The molecule has 0 saturated heterocycles. The summed E-state index contributed by atoms with van der Waals surface area (Å²) < 4.78 is 25.2. The van der Waals surface area contributed by atoms with Gasteiger partial charge in [-0.25, -0.2) is 0 Å². The van der Waals surface area contributed by atoms with Crippen molar-refractivity contribution in [2.45, 2.75) is 66.7 Å². The molecule has 0 heterocycles.